The molecule has 0 aliphatic carbocycles. The van der Waals surface area contributed by atoms with Crippen LogP contribution in [0.15, 0.2) is 106 Å². The van der Waals surface area contributed by atoms with Crippen LogP contribution in [0, 0.1) is 0 Å². The molecular formula is C28H30N4O3. The number of rotatable bonds is 13. The lowest BCUT2D eigenvalue weighted by Gasteiger charge is -2.06. The van der Waals surface area contributed by atoms with Gasteiger partial charge in [-0.15, -0.1) is 0 Å². The maximum Gasteiger partial charge on any atom is 0.330 e. The minimum Gasteiger partial charge on any atom is -0.493 e. The van der Waals surface area contributed by atoms with Gasteiger partial charge in [-0.2, -0.15) is 20.5 Å². The molecule has 0 bridgehead atoms. The fourth-order valence-electron chi connectivity index (χ4n) is 3.02. The van der Waals surface area contributed by atoms with E-state index >= 15 is 0 Å². The lowest BCUT2D eigenvalue weighted by molar-refractivity contribution is -0.137. The lowest BCUT2D eigenvalue weighted by atomic mass is 10.1. The largest absolute Gasteiger partial charge is 0.493 e. The molecule has 180 valence electrons. The Hall–Kier alpha value is -4.13. The summed E-state index contributed by atoms with van der Waals surface area (Å²) in [5, 5.41) is 17.1. The number of nitrogens with zero attached hydrogens (tertiary/aromatic N) is 4. The third-order valence-electron chi connectivity index (χ3n) is 4.97. The van der Waals surface area contributed by atoms with Crippen LogP contribution in [-0.4, -0.2) is 19.2 Å². The van der Waals surface area contributed by atoms with Crippen molar-refractivity contribution in [1.82, 2.24) is 0 Å². The predicted octanol–water partition coefficient (Wildman–Crippen LogP) is 8.36. The highest BCUT2D eigenvalue weighted by atomic mass is 16.5. The van der Waals surface area contributed by atoms with E-state index in [-0.39, 0.29) is 0 Å². The van der Waals surface area contributed by atoms with Crippen LogP contribution in [0.2, 0.25) is 0 Å². The van der Waals surface area contributed by atoms with Crippen LogP contribution in [-0.2, 0) is 16.0 Å². The second kappa shape index (κ2) is 14.2. The minimum absolute atomic E-state index is 0.295. The first-order valence-corrected chi connectivity index (χ1v) is 11.7. The Morgan fingerprint density at radius 3 is 1.71 bits per heavy atom. The maximum atomic E-state index is 11.0. The van der Waals surface area contributed by atoms with E-state index in [9.17, 15) is 4.79 Å². The first kappa shape index (κ1) is 25.5. The van der Waals surface area contributed by atoms with E-state index in [1.165, 1.54) is 18.4 Å². The first-order chi connectivity index (χ1) is 17.2. The number of unbranched alkanes of at least 4 members (excludes halogenated alkanes) is 1. The van der Waals surface area contributed by atoms with Crippen LogP contribution in [0.1, 0.15) is 31.7 Å². The minimum atomic E-state index is -0.429. The number of hydrogen-bond acceptors (Lipinski definition) is 7. The molecule has 0 aliphatic heterocycles. The number of azo groups is 2. The van der Waals surface area contributed by atoms with Gasteiger partial charge in [0, 0.05) is 12.5 Å². The van der Waals surface area contributed by atoms with E-state index in [0.717, 1.165) is 29.6 Å². The summed E-state index contributed by atoms with van der Waals surface area (Å²) in [5.74, 6) is 0.284. The normalized spacial score (nSPS) is 11.1. The van der Waals surface area contributed by atoms with Crippen LogP contribution in [0.4, 0.5) is 22.7 Å². The summed E-state index contributed by atoms with van der Waals surface area (Å²) < 4.78 is 10.5. The van der Waals surface area contributed by atoms with Crippen molar-refractivity contribution in [1.29, 1.82) is 0 Å². The molecule has 0 heterocycles. The molecule has 0 saturated heterocycles. The summed E-state index contributed by atoms with van der Waals surface area (Å²) in [5.41, 5.74) is 4.34. The summed E-state index contributed by atoms with van der Waals surface area (Å²) in [6, 6.07) is 22.9. The number of hydrogen-bond donors (Lipinski definition) is 0. The Bertz CT molecular complexity index is 1120. The number of aryl methyl sites for hydroxylation is 1. The highest BCUT2D eigenvalue weighted by molar-refractivity contribution is 5.81. The molecule has 7 heteroatoms. The molecule has 0 N–H and O–H groups in total. The molecule has 0 unspecified atom stereocenters. The van der Waals surface area contributed by atoms with Gasteiger partial charge in [-0.3, -0.25) is 0 Å². The molecular weight excluding hydrogens is 440 g/mol. The highest BCUT2D eigenvalue weighted by Gasteiger charge is 1.99. The van der Waals surface area contributed by atoms with Crippen molar-refractivity contribution in [2.24, 2.45) is 20.5 Å². The van der Waals surface area contributed by atoms with Crippen LogP contribution in [0.25, 0.3) is 0 Å². The zero-order valence-electron chi connectivity index (χ0n) is 20.0. The van der Waals surface area contributed by atoms with Crippen LogP contribution in [0.5, 0.6) is 5.75 Å². The zero-order valence-corrected chi connectivity index (χ0v) is 20.0. The number of esters is 1. The van der Waals surface area contributed by atoms with E-state index in [2.05, 4.69) is 46.1 Å². The van der Waals surface area contributed by atoms with E-state index < -0.39 is 5.97 Å². The van der Waals surface area contributed by atoms with Gasteiger partial charge in [0.2, 0.25) is 0 Å². The van der Waals surface area contributed by atoms with Gasteiger partial charge in [0.15, 0.2) is 0 Å². The summed E-state index contributed by atoms with van der Waals surface area (Å²) in [7, 11) is 0. The topological polar surface area (TPSA) is 85.0 Å². The lowest BCUT2D eigenvalue weighted by Crippen LogP contribution is -2.06. The predicted molar refractivity (Wildman–Crippen MR) is 138 cm³/mol. The van der Waals surface area contributed by atoms with Gasteiger partial charge in [0.25, 0.3) is 0 Å². The third-order valence-corrected chi connectivity index (χ3v) is 4.97. The fraction of sp³-hybridized carbons (Fsp3) is 0.250. The molecule has 0 fully saturated rings. The van der Waals surface area contributed by atoms with Crippen molar-refractivity contribution in [2.75, 3.05) is 13.2 Å². The van der Waals surface area contributed by atoms with Crippen molar-refractivity contribution in [3.63, 3.8) is 0 Å². The Morgan fingerprint density at radius 2 is 1.23 bits per heavy atom. The van der Waals surface area contributed by atoms with Crippen molar-refractivity contribution in [2.45, 2.75) is 32.6 Å². The first-order valence-electron chi connectivity index (χ1n) is 11.7. The van der Waals surface area contributed by atoms with Crippen molar-refractivity contribution < 1.29 is 14.3 Å². The molecule has 0 radical (unpaired) electrons. The summed E-state index contributed by atoms with van der Waals surface area (Å²) in [6.07, 6.45) is 5.23. The number of carbonyl (C=O) groups is 1. The van der Waals surface area contributed by atoms with Crippen LogP contribution < -0.4 is 4.74 Å². The molecule has 0 spiro atoms. The fourth-order valence-corrected chi connectivity index (χ4v) is 3.02. The van der Waals surface area contributed by atoms with Gasteiger partial charge in [-0.05, 0) is 79.1 Å². The average Bonchev–Trinajstić information content (AvgIpc) is 2.91. The third kappa shape index (κ3) is 9.33. The van der Waals surface area contributed by atoms with Gasteiger partial charge in [0.1, 0.15) is 5.75 Å². The van der Waals surface area contributed by atoms with Crippen LogP contribution in [0.3, 0.4) is 0 Å². The smallest absolute Gasteiger partial charge is 0.330 e. The molecule has 35 heavy (non-hydrogen) atoms. The average molecular weight is 471 g/mol. The van der Waals surface area contributed by atoms with Gasteiger partial charge in [-0.25, -0.2) is 4.79 Å². The van der Waals surface area contributed by atoms with E-state index in [4.69, 9.17) is 9.47 Å². The van der Waals surface area contributed by atoms with Gasteiger partial charge in [0.05, 0.1) is 36.0 Å². The number of ether oxygens (including phenoxy) is 2. The molecule has 3 rings (SSSR count). The Kier molecular flexibility index (Phi) is 10.3. The molecule has 0 amide bonds. The molecule has 0 saturated carbocycles. The summed E-state index contributed by atoms with van der Waals surface area (Å²) in [4.78, 5) is 11.0. The van der Waals surface area contributed by atoms with Crippen molar-refractivity contribution in [3.05, 3.63) is 91.0 Å². The second-order valence-electron chi connectivity index (χ2n) is 7.75. The van der Waals surface area contributed by atoms with Gasteiger partial charge < -0.3 is 9.47 Å². The highest BCUT2D eigenvalue weighted by Crippen LogP contribution is 2.24. The Labute approximate surface area is 206 Å². The summed E-state index contributed by atoms with van der Waals surface area (Å²) >= 11 is 0. The van der Waals surface area contributed by atoms with Crippen molar-refractivity contribution in [3.8, 4) is 5.75 Å². The van der Waals surface area contributed by atoms with E-state index in [1.54, 1.807) is 0 Å². The number of carbonyl (C=O) groups excluding carboxylic acids is 1. The Balaban J connectivity index is 1.45. The molecule has 3 aromatic carbocycles. The van der Waals surface area contributed by atoms with E-state index in [0.29, 0.717) is 31.1 Å². The monoisotopic (exact) mass is 470 g/mol. The molecule has 3 aromatic rings. The maximum absolute atomic E-state index is 11.0. The van der Waals surface area contributed by atoms with Crippen LogP contribution >= 0.6 is 0 Å². The van der Waals surface area contributed by atoms with Gasteiger partial charge in [-0.1, -0.05) is 32.1 Å². The SMILES string of the molecule is C=CC(=O)OCCCOc1ccc(N=Nc2ccc(N=Nc3ccc(CCCC)cc3)cc2)cc1. The molecule has 0 aliphatic rings. The second-order valence-corrected chi connectivity index (χ2v) is 7.75. The Morgan fingerprint density at radius 1 is 0.743 bits per heavy atom. The van der Waals surface area contributed by atoms with Crippen molar-refractivity contribution >= 4 is 28.7 Å². The van der Waals surface area contributed by atoms with E-state index in [1.807, 2.05) is 60.7 Å². The zero-order chi connectivity index (χ0) is 24.7. The molecule has 7 nitrogen and oxygen atoms in total. The quantitative estimate of drug-likeness (QED) is 0.109. The number of benzene rings is 3. The molecule has 0 atom stereocenters. The van der Waals surface area contributed by atoms with Gasteiger partial charge >= 0.3 is 5.97 Å². The standard InChI is InChI=1S/C28H30N4O3/c1-3-5-7-22-8-10-23(11-9-22)29-30-24-12-14-25(15-13-24)31-32-26-16-18-27(19-17-26)34-20-6-21-35-28(33)4-2/h4,8-19H,2-3,5-7,20-21H2,1H3. The summed E-state index contributed by atoms with van der Waals surface area (Å²) in [6.45, 7) is 6.28. The molecule has 0 aromatic heterocycles.